The molecule has 1 atom stereocenters. The van der Waals surface area contributed by atoms with Crippen molar-refractivity contribution in [2.75, 3.05) is 24.6 Å². The minimum atomic E-state index is 0.0917. The molecule has 24 heavy (non-hydrogen) atoms. The van der Waals surface area contributed by atoms with Crippen LogP contribution in [0.2, 0.25) is 0 Å². The van der Waals surface area contributed by atoms with Gasteiger partial charge in [0.15, 0.2) is 0 Å². The zero-order valence-electron chi connectivity index (χ0n) is 13.4. The summed E-state index contributed by atoms with van der Waals surface area (Å²) in [5, 5.41) is 16.7. The van der Waals surface area contributed by atoms with E-state index in [2.05, 4.69) is 20.2 Å². The third-order valence-electron chi connectivity index (χ3n) is 3.86. The SMILES string of the molecule is CC(CO)CN=Cc1c(N)nc2cc(-c3ccn[nH]3)ccc2c1N. The molecule has 2 aromatic heterocycles. The summed E-state index contributed by atoms with van der Waals surface area (Å²) >= 11 is 0. The molecule has 3 rings (SSSR count). The largest absolute Gasteiger partial charge is 0.398 e. The summed E-state index contributed by atoms with van der Waals surface area (Å²) in [5.74, 6) is 0.427. The van der Waals surface area contributed by atoms with E-state index in [1.54, 1.807) is 12.4 Å². The molecular weight excluding hydrogens is 304 g/mol. The topological polar surface area (TPSA) is 126 Å². The molecule has 1 unspecified atom stereocenters. The van der Waals surface area contributed by atoms with Gasteiger partial charge in [-0.2, -0.15) is 5.10 Å². The van der Waals surface area contributed by atoms with Crippen LogP contribution < -0.4 is 11.5 Å². The van der Waals surface area contributed by atoms with Gasteiger partial charge in [-0.3, -0.25) is 10.1 Å². The molecule has 0 spiro atoms. The fourth-order valence-corrected chi connectivity index (χ4v) is 2.43. The molecule has 0 aliphatic heterocycles. The van der Waals surface area contributed by atoms with Crippen LogP contribution in [0.15, 0.2) is 35.5 Å². The first-order chi connectivity index (χ1) is 11.6. The first-order valence-electron chi connectivity index (χ1n) is 7.69. The minimum absolute atomic E-state index is 0.0917. The van der Waals surface area contributed by atoms with Crippen LogP contribution in [0.1, 0.15) is 12.5 Å². The van der Waals surface area contributed by atoms with Crippen molar-refractivity contribution in [2.45, 2.75) is 6.92 Å². The number of nitrogens with two attached hydrogens (primary N) is 2. The highest BCUT2D eigenvalue weighted by molar-refractivity contribution is 6.04. The highest BCUT2D eigenvalue weighted by atomic mass is 16.3. The van der Waals surface area contributed by atoms with E-state index in [1.165, 1.54) is 0 Å². The molecule has 2 heterocycles. The molecule has 0 amide bonds. The number of nitrogen functional groups attached to an aromatic ring is 2. The Morgan fingerprint density at radius 1 is 1.33 bits per heavy atom. The number of aromatic amines is 1. The number of rotatable bonds is 5. The lowest BCUT2D eigenvalue weighted by Crippen LogP contribution is -2.07. The number of fused-ring (bicyclic) bond motifs is 1. The van der Waals surface area contributed by atoms with Crippen LogP contribution in [0.3, 0.4) is 0 Å². The van der Waals surface area contributed by atoms with E-state index in [4.69, 9.17) is 16.6 Å². The maximum atomic E-state index is 9.04. The lowest BCUT2D eigenvalue weighted by molar-refractivity contribution is 0.242. The molecule has 0 aliphatic rings. The number of H-pyrrole nitrogens is 1. The quantitative estimate of drug-likeness (QED) is 0.533. The van der Waals surface area contributed by atoms with Gasteiger partial charge in [-0.25, -0.2) is 4.98 Å². The number of nitrogens with one attached hydrogen (secondary N) is 1. The Kier molecular flexibility index (Phi) is 4.43. The summed E-state index contributed by atoms with van der Waals surface area (Å²) in [6.45, 7) is 2.51. The van der Waals surface area contributed by atoms with Gasteiger partial charge < -0.3 is 16.6 Å². The van der Waals surface area contributed by atoms with E-state index in [-0.39, 0.29) is 12.5 Å². The number of aromatic nitrogens is 3. The van der Waals surface area contributed by atoms with Crippen LogP contribution in [0.4, 0.5) is 11.5 Å². The Bertz CT molecular complexity index is 872. The zero-order chi connectivity index (χ0) is 17.1. The molecule has 0 aliphatic carbocycles. The number of nitrogens with zero attached hydrogens (tertiary/aromatic N) is 3. The van der Waals surface area contributed by atoms with E-state index in [0.717, 1.165) is 22.2 Å². The summed E-state index contributed by atoms with van der Waals surface area (Å²) in [5.41, 5.74) is 16.1. The number of hydrogen-bond donors (Lipinski definition) is 4. The van der Waals surface area contributed by atoms with E-state index in [9.17, 15) is 0 Å². The number of hydrogen-bond acceptors (Lipinski definition) is 6. The molecule has 6 N–H and O–H groups in total. The average Bonchev–Trinajstić information content (AvgIpc) is 3.11. The second-order valence-electron chi connectivity index (χ2n) is 5.81. The Morgan fingerprint density at radius 2 is 2.17 bits per heavy atom. The number of aliphatic imine (C=N–C) groups is 1. The van der Waals surface area contributed by atoms with Crippen molar-refractivity contribution < 1.29 is 5.11 Å². The van der Waals surface area contributed by atoms with Crippen LogP contribution >= 0.6 is 0 Å². The van der Waals surface area contributed by atoms with Crippen LogP contribution in [-0.2, 0) is 0 Å². The smallest absolute Gasteiger partial charge is 0.135 e. The standard InChI is InChI=1S/C17H20N6O/c1-10(9-24)7-20-8-13-16(18)12-3-2-11(14-4-5-21-23-14)6-15(12)22-17(13)19/h2-6,8,10,24H,7,9H2,1H3,(H,21,23)(H4,18,19,22). The second kappa shape index (κ2) is 6.67. The molecular formula is C17H20N6O. The Morgan fingerprint density at radius 3 is 2.88 bits per heavy atom. The average molecular weight is 324 g/mol. The van der Waals surface area contributed by atoms with Gasteiger partial charge in [-0.15, -0.1) is 0 Å². The zero-order valence-corrected chi connectivity index (χ0v) is 13.4. The van der Waals surface area contributed by atoms with Crippen LogP contribution in [-0.4, -0.2) is 39.7 Å². The van der Waals surface area contributed by atoms with E-state index in [0.29, 0.717) is 23.6 Å². The van der Waals surface area contributed by atoms with Crippen molar-refractivity contribution in [3.05, 3.63) is 36.0 Å². The summed E-state index contributed by atoms with van der Waals surface area (Å²) in [7, 11) is 0. The minimum Gasteiger partial charge on any atom is -0.398 e. The van der Waals surface area contributed by atoms with Gasteiger partial charge in [-0.05, 0) is 18.1 Å². The number of aliphatic hydroxyl groups is 1. The van der Waals surface area contributed by atoms with Crippen molar-refractivity contribution in [1.29, 1.82) is 0 Å². The van der Waals surface area contributed by atoms with Crippen LogP contribution in [0.25, 0.3) is 22.2 Å². The Labute approximate surface area is 139 Å². The first-order valence-corrected chi connectivity index (χ1v) is 7.69. The van der Waals surface area contributed by atoms with Gasteiger partial charge in [0.25, 0.3) is 0 Å². The van der Waals surface area contributed by atoms with Crippen molar-refractivity contribution in [3.63, 3.8) is 0 Å². The van der Waals surface area contributed by atoms with Crippen molar-refractivity contribution in [1.82, 2.24) is 15.2 Å². The lowest BCUT2D eigenvalue weighted by Gasteiger charge is -2.10. The monoisotopic (exact) mass is 324 g/mol. The van der Waals surface area contributed by atoms with Gasteiger partial charge in [-0.1, -0.05) is 19.1 Å². The first kappa shape index (κ1) is 15.9. The van der Waals surface area contributed by atoms with Gasteiger partial charge in [0.2, 0.25) is 0 Å². The maximum Gasteiger partial charge on any atom is 0.135 e. The van der Waals surface area contributed by atoms with Gasteiger partial charge >= 0.3 is 0 Å². The number of aliphatic hydroxyl groups excluding tert-OH is 1. The number of benzene rings is 1. The Hall–Kier alpha value is -2.93. The molecule has 0 saturated carbocycles. The molecule has 3 aromatic rings. The summed E-state index contributed by atoms with van der Waals surface area (Å²) in [4.78, 5) is 8.75. The van der Waals surface area contributed by atoms with Crippen molar-refractivity contribution in [3.8, 4) is 11.3 Å². The second-order valence-corrected chi connectivity index (χ2v) is 5.81. The van der Waals surface area contributed by atoms with Gasteiger partial charge in [0, 0.05) is 36.5 Å². The predicted octanol–water partition coefficient (Wildman–Crippen LogP) is 1.84. The summed E-state index contributed by atoms with van der Waals surface area (Å²) in [6.07, 6.45) is 3.33. The normalized spacial score (nSPS) is 12.9. The fraction of sp³-hybridized carbons (Fsp3) is 0.235. The highest BCUT2D eigenvalue weighted by Gasteiger charge is 2.11. The van der Waals surface area contributed by atoms with Crippen molar-refractivity contribution in [2.24, 2.45) is 10.9 Å². The molecule has 7 nitrogen and oxygen atoms in total. The maximum absolute atomic E-state index is 9.04. The molecule has 0 saturated heterocycles. The van der Waals surface area contributed by atoms with E-state index < -0.39 is 0 Å². The summed E-state index contributed by atoms with van der Waals surface area (Å²) < 4.78 is 0. The predicted molar refractivity (Wildman–Crippen MR) is 96.9 cm³/mol. The molecule has 0 radical (unpaired) electrons. The van der Waals surface area contributed by atoms with Crippen LogP contribution in [0.5, 0.6) is 0 Å². The summed E-state index contributed by atoms with van der Waals surface area (Å²) in [6, 6.07) is 7.68. The lowest BCUT2D eigenvalue weighted by atomic mass is 10.1. The van der Waals surface area contributed by atoms with Crippen LogP contribution in [0, 0.1) is 5.92 Å². The highest BCUT2D eigenvalue weighted by Crippen LogP contribution is 2.29. The van der Waals surface area contributed by atoms with Gasteiger partial charge in [0.1, 0.15) is 5.82 Å². The number of anilines is 2. The molecule has 0 bridgehead atoms. The molecule has 124 valence electrons. The van der Waals surface area contributed by atoms with Crippen molar-refractivity contribution >= 4 is 28.6 Å². The molecule has 1 aromatic carbocycles. The third-order valence-corrected chi connectivity index (χ3v) is 3.86. The van der Waals surface area contributed by atoms with E-state index in [1.807, 2.05) is 31.2 Å². The molecule has 7 heteroatoms. The third kappa shape index (κ3) is 3.07. The molecule has 0 fully saturated rings. The van der Waals surface area contributed by atoms with E-state index >= 15 is 0 Å². The Balaban J connectivity index is 2.00. The number of pyridine rings is 1. The fourth-order valence-electron chi connectivity index (χ4n) is 2.43. The van der Waals surface area contributed by atoms with Gasteiger partial charge in [0.05, 0.1) is 22.5 Å².